The second-order valence-corrected chi connectivity index (χ2v) is 5.11. The molecule has 0 radical (unpaired) electrons. The lowest BCUT2D eigenvalue weighted by molar-refractivity contribution is -0.125. The van der Waals surface area contributed by atoms with Crippen LogP contribution in [0.25, 0.3) is 0 Å². The van der Waals surface area contributed by atoms with Crippen molar-refractivity contribution >= 4 is 17.2 Å². The molecule has 5 heteroatoms. The lowest BCUT2D eigenvalue weighted by Gasteiger charge is -2.13. The van der Waals surface area contributed by atoms with Gasteiger partial charge in [-0.15, -0.1) is 11.3 Å². The van der Waals surface area contributed by atoms with Crippen LogP contribution < -0.4 is 5.32 Å². The predicted molar refractivity (Wildman–Crippen MR) is 60.7 cm³/mol. The van der Waals surface area contributed by atoms with E-state index in [9.17, 15) is 4.79 Å². The number of carbonyl (C=O) groups excluding carboxylic acids is 1. The summed E-state index contributed by atoms with van der Waals surface area (Å²) in [5, 5.41) is 14.6. The van der Waals surface area contributed by atoms with Gasteiger partial charge in [-0.25, -0.2) is 4.98 Å². The fourth-order valence-electron chi connectivity index (χ4n) is 1.48. The molecule has 1 aliphatic carbocycles. The number of thiazole rings is 1. The first-order valence-corrected chi connectivity index (χ1v) is 6.09. The average molecular weight is 235 g/mol. The summed E-state index contributed by atoms with van der Waals surface area (Å²) in [5.41, 5.74) is 0.211. The SMILES string of the molecule is Cc1csc(C(C)NC(=O)C2(C#N)CC2)n1. The standard InChI is InChI=1S/C11H13N3OS/c1-7-5-16-9(13-7)8(2)14-10(15)11(6-12)3-4-11/h5,8H,3-4H2,1-2H3,(H,14,15). The van der Waals surface area contributed by atoms with Crippen LogP contribution in [0.15, 0.2) is 5.38 Å². The van der Waals surface area contributed by atoms with Gasteiger partial charge in [0.05, 0.1) is 12.1 Å². The Morgan fingerprint density at radius 1 is 1.75 bits per heavy atom. The minimum atomic E-state index is -0.749. The molecule has 0 aliphatic heterocycles. The van der Waals surface area contributed by atoms with Gasteiger partial charge in [0, 0.05) is 11.1 Å². The summed E-state index contributed by atoms with van der Waals surface area (Å²) in [5.74, 6) is -0.157. The molecule has 1 fully saturated rings. The molecule has 0 spiro atoms. The maximum absolute atomic E-state index is 11.8. The monoisotopic (exact) mass is 235 g/mol. The van der Waals surface area contributed by atoms with Crippen molar-refractivity contribution in [3.05, 3.63) is 16.1 Å². The quantitative estimate of drug-likeness (QED) is 0.870. The summed E-state index contributed by atoms with van der Waals surface area (Å²) in [6.07, 6.45) is 1.36. The van der Waals surface area contributed by atoms with Crippen LogP contribution in [0.2, 0.25) is 0 Å². The van der Waals surface area contributed by atoms with Crippen molar-refractivity contribution in [2.24, 2.45) is 5.41 Å². The van der Waals surface area contributed by atoms with E-state index in [0.29, 0.717) is 12.8 Å². The highest BCUT2D eigenvalue weighted by Crippen LogP contribution is 2.45. The largest absolute Gasteiger partial charge is 0.346 e. The summed E-state index contributed by atoms with van der Waals surface area (Å²) in [7, 11) is 0. The summed E-state index contributed by atoms with van der Waals surface area (Å²) in [4.78, 5) is 16.1. The van der Waals surface area contributed by atoms with Gasteiger partial charge in [0.25, 0.3) is 0 Å². The number of rotatable bonds is 3. The molecule has 0 saturated heterocycles. The minimum absolute atomic E-state index is 0.114. The Labute approximate surface area is 98.3 Å². The molecule has 84 valence electrons. The summed E-state index contributed by atoms with van der Waals surface area (Å²) < 4.78 is 0. The molecule has 1 unspecified atom stereocenters. The van der Waals surface area contributed by atoms with E-state index in [1.54, 1.807) is 0 Å². The van der Waals surface area contributed by atoms with Gasteiger partial charge in [0.2, 0.25) is 5.91 Å². The molecule has 4 nitrogen and oxygen atoms in total. The number of nitriles is 1. The highest BCUT2D eigenvalue weighted by atomic mass is 32.1. The van der Waals surface area contributed by atoms with Gasteiger partial charge >= 0.3 is 0 Å². The zero-order valence-corrected chi connectivity index (χ0v) is 10.1. The third kappa shape index (κ3) is 1.93. The van der Waals surface area contributed by atoms with Crippen LogP contribution in [0.4, 0.5) is 0 Å². The van der Waals surface area contributed by atoms with Crippen LogP contribution in [-0.4, -0.2) is 10.9 Å². The first-order valence-electron chi connectivity index (χ1n) is 5.22. The number of aromatic nitrogens is 1. The zero-order valence-electron chi connectivity index (χ0n) is 9.28. The number of carbonyl (C=O) groups is 1. The Hall–Kier alpha value is -1.41. The van der Waals surface area contributed by atoms with Crippen LogP contribution in [-0.2, 0) is 4.79 Å². The second-order valence-electron chi connectivity index (χ2n) is 4.22. The Balaban J connectivity index is 2.01. The number of aryl methyl sites for hydroxylation is 1. The van der Waals surface area contributed by atoms with Gasteiger partial charge in [-0.05, 0) is 26.7 Å². The molecule has 2 rings (SSSR count). The number of nitrogens with zero attached hydrogens (tertiary/aromatic N) is 2. The molecule has 1 N–H and O–H groups in total. The van der Waals surface area contributed by atoms with Crippen molar-refractivity contribution < 1.29 is 4.79 Å². The molecule has 1 amide bonds. The lowest BCUT2D eigenvalue weighted by atomic mass is 10.1. The molecule has 1 aromatic heterocycles. The van der Waals surface area contributed by atoms with Crippen molar-refractivity contribution in [3.63, 3.8) is 0 Å². The number of nitrogens with one attached hydrogen (secondary N) is 1. The van der Waals surface area contributed by atoms with E-state index in [-0.39, 0.29) is 11.9 Å². The molecule has 1 aliphatic rings. The van der Waals surface area contributed by atoms with Crippen molar-refractivity contribution in [1.29, 1.82) is 5.26 Å². The Morgan fingerprint density at radius 3 is 2.88 bits per heavy atom. The van der Waals surface area contributed by atoms with Crippen LogP contribution in [0.3, 0.4) is 0 Å². The normalized spacial score (nSPS) is 18.6. The lowest BCUT2D eigenvalue weighted by Crippen LogP contribution is -2.33. The molecular formula is C11H13N3OS. The van der Waals surface area contributed by atoms with E-state index in [2.05, 4.69) is 16.4 Å². The fourth-order valence-corrected chi connectivity index (χ4v) is 2.29. The Morgan fingerprint density at radius 2 is 2.44 bits per heavy atom. The molecule has 16 heavy (non-hydrogen) atoms. The van der Waals surface area contributed by atoms with Crippen molar-refractivity contribution in [1.82, 2.24) is 10.3 Å². The maximum atomic E-state index is 11.8. The van der Waals surface area contributed by atoms with Gasteiger partial charge in [-0.2, -0.15) is 5.26 Å². The molecule has 1 heterocycles. The van der Waals surface area contributed by atoms with E-state index in [4.69, 9.17) is 5.26 Å². The van der Waals surface area contributed by atoms with Crippen LogP contribution in [0.1, 0.15) is 36.5 Å². The predicted octanol–water partition coefficient (Wildman–Crippen LogP) is 1.93. The van der Waals surface area contributed by atoms with Crippen molar-refractivity contribution in [2.45, 2.75) is 32.7 Å². The van der Waals surface area contributed by atoms with E-state index >= 15 is 0 Å². The van der Waals surface area contributed by atoms with E-state index < -0.39 is 5.41 Å². The Bertz CT molecular complexity index is 456. The van der Waals surface area contributed by atoms with Crippen LogP contribution >= 0.6 is 11.3 Å². The number of amides is 1. The highest BCUT2D eigenvalue weighted by Gasteiger charge is 2.50. The van der Waals surface area contributed by atoms with Gasteiger partial charge in [-0.3, -0.25) is 4.79 Å². The molecule has 0 bridgehead atoms. The first-order chi connectivity index (χ1) is 7.57. The number of hydrogen-bond acceptors (Lipinski definition) is 4. The molecule has 1 saturated carbocycles. The minimum Gasteiger partial charge on any atom is -0.346 e. The second kappa shape index (κ2) is 3.87. The summed E-state index contributed by atoms with van der Waals surface area (Å²) >= 11 is 1.53. The fraction of sp³-hybridized carbons (Fsp3) is 0.545. The van der Waals surface area contributed by atoms with E-state index in [1.807, 2.05) is 19.2 Å². The van der Waals surface area contributed by atoms with Crippen LogP contribution in [0, 0.1) is 23.7 Å². The van der Waals surface area contributed by atoms with Crippen molar-refractivity contribution in [2.75, 3.05) is 0 Å². The van der Waals surface area contributed by atoms with Gasteiger partial charge in [0.1, 0.15) is 10.4 Å². The summed E-state index contributed by atoms with van der Waals surface area (Å²) in [6.45, 7) is 3.82. The first kappa shape index (κ1) is 11.1. The third-order valence-electron chi connectivity index (χ3n) is 2.75. The van der Waals surface area contributed by atoms with Gasteiger partial charge in [0.15, 0.2) is 0 Å². The Kier molecular flexibility index (Phi) is 2.68. The number of hydrogen-bond donors (Lipinski definition) is 1. The molecule has 1 aromatic rings. The topological polar surface area (TPSA) is 65.8 Å². The zero-order chi connectivity index (χ0) is 11.8. The third-order valence-corrected chi connectivity index (χ3v) is 3.90. The smallest absolute Gasteiger partial charge is 0.241 e. The van der Waals surface area contributed by atoms with Gasteiger partial charge < -0.3 is 5.32 Å². The van der Waals surface area contributed by atoms with Gasteiger partial charge in [-0.1, -0.05) is 0 Å². The molecule has 0 aromatic carbocycles. The van der Waals surface area contributed by atoms with E-state index in [0.717, 1.165) is 10.7 Å². The maximum Gasteiger partial charge on any atom is 0.241 e. The highest BCUT2D eigenvalue weighted by molar-refractivity contribution is 7.09. The average Bonchev–Trinajstić information content (AvgIpc) is 2.95. The molecular weight excluding hydrogens is 222 g/mol. The van der Waals surface area contributed by atoms with Crippen LogP contribution in [0.5, 0.6) is 0 Å². The molecule has 1 atom stereocenters. The summed E-state index contributed by atoms with van der Waals surface area (Å²) in [6, 6.07) is 1.97. The van der Waals surface area contributed by atoms with E-state index in [1.165, 1.54) is 11.3 Å². The van der Waals surface area contributed by atoms with Crippen molar-refractivity contribution in [3.8, 4) is 6.07 Å².